The number of ether oxygens (including phenoxy) is 1. The molecule has 2 atom stereocenters. The first-order valence-electron chi connectivity index (χ1n) is 7.60. The van der Waals surface area contributed by atoms with E-state index in [1.807, 2.05) is 24.3 Å². The van der Waals surface area contributed by atoms with Crippen LogP contribution in [0.4, 0.5) is 4.79 Å². The number of hydrogen-bond donors (Lipinski definition) is 2. The molecule has 2 fully saturated rings. The molecule has 1 aromatic rings. The summed E-state index contributed by atoms with van der Waals surface area (Å²) in [7, 11) is 1.62. The van der Waals surface area contributed by atoms with E-state index in [0.717, 1.165) is 24.3 Å². The van der Waals surface area contributed by atoms with E-state index in [2.05, 4.69) is 10.6 Å². The average Bonchev–Trinajstić information content (AvgIpc) is 2.57. The summed E-state index contributed by atoms with van der Waals surface area (Å²) >= 11 is 0. The van der Waals surface area contributed by atoms with Gasteiger partial charge in [-0.3, -0.25) is 9.69 Å². The summed E-state index contributed by atoms with van der Waals surface area (Å²) in [5.74, 6) is 1.04. The van der Waals surface area contributed by atoms with Crippen LogP contribution in [0.15, 0.2) is 24.3 Å². The second-order valence-electron chi connectivity index (χ2n) is 5.91. The Morgan fingerprint density at radius 3 is 2.86 bits per heavy atom. The first-order chi connectivity index (χ1) is 10.7. The Bertz CT molecular complexity index is 558. The highest BCUT2D eigenvalue weighted by atomic mass is 16.5. The SMILES string of the molecule is COc1ccc(CNC(=O)N2CC3CNCC(C3)C2=O)cc1. The number of hydrogen-bond acceptors (Lipinski definition) is 4. The number of rotatable bonds is 3. The summed E-state index contributed by atoms with van der Waals surface area (Å²) in [6.45, 7) is 2.47. The van der Waals surface area contributed by atoms with Gasteiger partial charge in [0.15, 0.2) is 0 Å². The van der Waals surface area contributed by atoms with E-state index in [1.54, 1.807) is 7.11 Å². The number of carbonyl (C=O) groups is 2. The van der Waals surface area contributed by atoms with Gasteiger partial charge in [0, 0.05) is 19.6 Å². The molecular weight excluding hydrogens is 282 g/mol. The number of nitrogens with zero attached hydrogens (tertiary/aromatic N) is 1. The van der Waals surface area contributed by atoms with Crippen molar-refractivity contribution in [2.75, 3.05) is 26.7 Å². The summed E-state index contributed by atoms with van der Waals surface area (Å²) in [5, 5.41) is 6.09. The van der Waals surface area contributed by atoms with Crippen LogP contribution in [0.2, 0.25) is 0 Å². The molecule has 0 aromatic heterocycles. The van der Waals surface area contributed by atoms with Gasteiger partial charge in [-0.2, -0.15) is 0 Å². The van der Waals surface area contributed by atoms with E-state index in [4.69, 9.17) is 4.74 Å². The average molecular weight is 303 g/mol. The van der Waals surface area contributed by atoms with E-state index in [9.17, 15) is 9.59 Å². The fraction of sp³-hybridized carbons (Fsp3) is 0.500. The predicted molar refractivity (Wildman–Crippen MR) is 81.4 cm³/mol. The molecule has 2 bridgehead atoms. The van der Waals surface area contributed by atoms with Gasteiger partial charge in [0.05, 0.1) is 13.0 Å². The molecule has 2 heterocycles. The lowest BCUT2D eigenvalue weighted by Crippen LogP contribution is -2.58. The molecule has 1 aromatic carbocycles. The molecule has 0 radical (unpaired) electrons. The molecule has 2 unspecified atom stereocenters. The Morgan fingerprint density at radius 2 is 2.14 bits per heavy atom. The van der Waals surface area contributed by atoms with Gasteiger partial charge in [-0.1, -0.05) is 12.1 Å². The van der Waals surface area contributed by atoms with Crippen LogP contribution in [0, 0.1) is 11.8 Å². The van der Waals surface area contributed by atoms with Gasteiger partial charge in [-0.15, -0.1) is 0 Å². The third-order valence-corrected chi connectivity index (χ3v) is 4.35. The number of carbonyl (C=O) groups excluding carboxylic acids is 2. The van der Waals surface area contributed by atoms with Crippen molar-refractivity contribution in [3.8, 4) is 5.75 Å². The Labute approximate surface area is 129 Å². The molecule has 2 N–H and O–H groups in total. The molecule has 3 rings (SSSR count). The summed E-state index contributed by atoms with van der Waals surface area (Å²) in [6, 6.07) is 7.20. The molecule has 0 spiro atoms. The van der Waals surface area contributed by atoms with E-state index in [0.29, 0.717) is 25.6 Å². The maximum Gasteiger partial charge on any atom is 0.324 e. The van der Waals surface area contributed by atoms with E-state index >= 15 is 0 Å². The first kappa shape index (κ1) is 14.8. The van der Waals surface area contributed by atoms with Crippen LogP contribution < -0.4 is 15.4 Å². The van der Waals surface area contributed by atoms with Crippen LogP contribution in [0.25, 0.3) is 0 Å². The molecule has 2 aliphatic heterocycles. The van der Waals surface area contributed by atoms with Crippen LogP contribution in [0.3, 0.4) is 0 Å². The zero-order chi connectivity index (χ0) is 15.5. The number of benzene rings is 1. The maximum atomic E-state index is 12.3. The standard InChI is InChI=1S/C16H21N3O3/c1-22-14-4-2-11(3-5-14)8-18-16(21)19-10-12-6-13(15(19)20)9-17-7-12/h2-5,12-13,17H,6-10H2,1H3,(H,18,21). The van der Waals surface area contributed by atoms with Gasteiger partial charge in [0.25, 0.3) is 0 Å². The largest absolute Gasteiger partial charge is 0.497 e. The molecule has 6 nitrogen and oxygen atoms in total. The lowest BCUT2D eigenvalue weighted by molar-refractivity contribution is -0.137. The number of likely N-dealkylation sites (tertiary alicyclic amines) is 1. The Kier molecular flexibility index (Phi) is 4.29. The molecule has 2 aliphatic rings. The van der Waals surface area contributed by atoms with Crippen molar-refractivity contribution < 1.29 is 14.3 Å². The number of methoxy groups -OCH3 is 1. The molecule has 118 valence electrons. The third-order valence-electron chi connectivity index (χ3n) is 4.35. The number of amides is 3. The highest BCUT2D eigenvalue weighted by Gasteiger charge is 2.39. The topological polar surface area (TPSA) is 70.7 Å². The number of imide groups is 1. The Balaban J connectivity index is 1.58. The molecule has 3 amide bonds. The van der Waals surface area contributed by atoms with Crippen LogP contribution in [-0.4, -0.2) is 43.6 Å². The van der Waals surface area contributed by atoms with E-state index < -0.39 is 0 Å². The van der Waals surface area contributed by atoms with Crippen molar-refractivity contribution in [3.63, 3.8) is 0 Å². The van der Waals surface area contributed by atoms with Crippen LogP contribution in [-0.2, 0) is 11.3 Å². The van der Waals surface area contributed by atoms with Crippen molar-refractivity contribution in [1.82, 2.24) is 15.5 Å². The number of nitrogens with one attached hydrogen (secondary N) is 2. The quantitative estimate of drug-likeness (QED) is 0.873. The molecular formula is C16H21N3O3. The van der Waals surface area contributed by atoms with Crippen molar-refractivity contribution in [2.45, 2.75) is 13.0 Å². The summed E-state index contributed by atoms with van der Waals surface area (Å²) in [4.78, 5) is 25.9. The van der Waals surface area contributed by atoms with Crippen molar-refractivity contribution in [3.05, 3.63) is 29.8 Å². The fourth-order valence-corrected chi connectivity index (χ4v) is 3.13. The smallest absolute Gasteiger partial charge is 0.324 e. The van der Waals surface area contributed by atoms with E-state index in [-0.39, 0.29) is 17.9 Å². The van der Waals surface area contributed by atoms with Crippen LogP contribution in [0.5, 0.6) is 5.75 Å². The lowest BCUT2D eigenvalue weighted by atomic mass is 9.85. The minimum Gasteiger partial charge on any atom is -0.497 e. The number of fused-ring (bicyclic) bond motifs is 2. The number of piperidine rings is 2. The second kappa shape index (κ2) is 6.36. The monoisotopic (exact) mass is 303 g/mol. The van der Waals surface area contributed by atoms with Gasteiger partial charge >= 0.3 is 6.03 Å². The highest BCUT2D eigenvalue weighted by Crippen LogP contribution is 2.25. The fourth-order valence-electron chi connectivity index (χ4n) is 3.13. The summed E-state index contributed by atoms with van der Waals surface area (Å²) in [6.07, 6.45) is 0.897. The number of urea groups is 1. The molecule has 0 aliphatic carbocycles. The van der Waals surface area contributed by atoms with Gasteiger partial charge < -0.3 is 15.4 Å². The normalized spacial score (nSPS) is 24.0. The molecule has 22 heavy (non-hydrogen) atoms. The highest BCUT2D eigenvalue weighted by molar-refractivity contribution is 5.96. The van der Waals surface area contributed by atoms with Crippen molar-refractivity contribution in [1.29, 1.82) is 0 Å². The van der Waals surface area contributed by atoms with Crippen LogP contribution in [0.1, 0.15) is 12.0 Å². The van der Waals surface area contributed by atoms with Gasteiger partial charge in [-0.25, -0.2) is 4.79 Å². The van der Waals surface area contributed by atoms with Crippen molar-refractivity contribution in [2.24, 2.45) is 11.8 Å². The first-order valence-corrected chi connectivity index (χ1v) is 7.60. The van der Waals surface area contributed by atoms with E-state index in [1.165, 1.54) is 4.90 Å². The molecule has 6 heteroatoms. The zero-order valence-corrected chi connectivity index (χ0v) is 12.7. The second-order valence-corrected chi connectivity index (χ2v) is 5.91. The maximum absolute atomic E-state index is 12.3. The minimum absolute atomic E-state index is 0.0563. The summed E-state index contributed by atoms with van der Waals surface area (Å²) in [5.41, 5.74) is 0.973. The van der Waals surface area contributed by atoms with Crippen LogP contribution >= 0.6 is 0 Å². The predicted octanol–water partition coefficient (Wildman–Crippen LogP) is 0.973. The Morgan fingerprint density at radius 1 is 1.36 bits per heavy atom. The Hall–Kier alpha value is -2.08. The zero-order valence-electron chi connectivity index (χ0n) is 12.7. The van der Waals surface area contributed by atoms with Gasteiger partial charge in [0.1, 0.15) is 5.75 Å². The molecule has 0 saturated carbocycles. The van der Waals surface area contributed by atoms with Gasteiger partial charge in [0.2, 0.25) is 5.91 Å². The third kappa shape index (κ3) is 3.06. The molecule has 2 saturated heterocycles. The van der Waals surface area contributed by atoms with Crippen molar-refractivity contribution >= 4 is 11.9 Å². The minimum atomic E-state index is -0.294. The summed E-state index contributed by atoms with van der Waals surface area (Å²) < 4.78 is 5.10. The van der Waals surface area contributed by atoms with Gasteiger partial charge in [-0.05, 0) is 36.6 Å². The lowest BCUT2D eigenvalue weighted by Gasteiger charge is -2.39.